The lowest BCUT2D eigenvalue weighted by molar-refractivity contribution is -0.140. The van der Waals surface area contributed by atoms with Gasteiger partial charge in [0, 0.05) is 19.3 Å². The molecule has 2 rings (SSSR count). The molecule has 7 heteroatoms. The van der Waals surface area contributed by atoms with Crippen LogP contribution in [-0.2, 0) is 16.1 Å². The minimum atomic E-state index is -0.708. The van der Waals surface area contributed by atoms with E-state index in [-0.39, 0.29) is 30.7 Å². The number of rotatable bonds is 7. The Morgan fingerprint density at radius 2 is 1.88 bits per heavy atom. The highest BCUT2D eigenvalue weighted by Crippen LogP contribution is 2.25. The summed E-state index contributed by atoms with van der Waals surface area (Å²) in [5, 5.41) is 6.31. The second kappa shape index (κ2) is 11.7. The Morgan fingerprint density at radius 3 is 2.44 bits per heavy atom. The number of carbonyl (C=O) groups is 1. The smallest absolute Gasteiger partial charge is 0.256 e. The molecule has 1 heterocycles. The van der Waals surface area contributed by atoms with Gasteiger partial charge < -0.3 is 15.4 Å². The van der Waals surface area contributed by atoms with E-state index in [0.717, 1.165) is 38.4 Å². The lowest BCUT2D eigenvalue weighted by Gasteiger charge is -2.34. The number of anilines is 1. The summed E-state index contributed by atoms with van der Waals surface area (Å²) in [6, 6.07) is 8.09. The van der Waals surface area contributed by atoms with E-state index in [9.17, 15) is 4.79 Å². The summed E-state index contributed by atoms with van der Waals surface area (Å²) in [5.74, 6) is -0.0403. The number of piperidine rings is 1. The van der Waals surface area contributed by atoms with Crippen molar-refractivity contribution in [1.29, 1.82) is 0 Å². The average Bonchev–Trinajstić information content (AvgIpc) is 2.60. The van der Waals surface area contributed by atoms with Crippen molar-refractivity contribution in [3.05, 3.63) is 29.8 Å². The van der Waals surface area contributed by atoms with Crippen molar-refractivity contribution in [3.63, 3.8) is 0 Å². The van der Waals surface area contributed by atoms with Crippen molar-refractivity contribution in [1.82, 2.24) is 10.2 Å². The summed E-state index contributed by atoms with van der Waals surface area (Å²) < 4.78 is 5.58. The van der Waals surface area contributed by atoms with Crippen LogP contribution in [0.2, 0.25) is 0 Å². The molecule has 5 nitrogen and oxygen atoms in total. The van der Waals surface area contributed by atoms with Crippen LogP contribution in [-0.4, -0.2) is 49.7 Å². The Kier molecular flexibility index (Phi) is 11.3. The fourth-order valence-corrected chi connectivity index (χ4v) is 3.05. The summed E-state index contributed by atoms with van der Waals surface area (Å²) >= 11 is 0. The third-order valence-corrected chi connectivity index (χ3v) is 4.70. The van der Waals surface area contributed by atoms with Crippen LogP contribution in [0.5, 0.6) is 0 Å². The number of amides is 1. The molecule has 0 spiro atoms. The van der Waals surface area contributed by atoms with Gasteiger partial charge in [-0.25, -0.2) is 0 Å². The number of hydrogen-bond acceptors (Lipinski definition) is 4. The summed E-state index contributed by atoms with van der Waals surface area (Å²) in [4.78, 5) is 15.0. The topological polar surface area (TPSA) is 53.6 Å². The van der Waals surface area contributed by atoms with E-state index in [4.69, 9.17) is 4.74 Å². The van der Waals surface area contributed by atoms with Crippen LogP contribution in [0.4, 0.5) is 5.69 Å². The molecule has 0 radical (unpaired) electrons. The number of halogens is 2. The summed E-state index contributed by atoms with van der Waals surface area (Å²) in [6.07, 6.45) is 1.41. The molecule has 1 saturated heterocycles. The number of nitrogens with one attached hydrogen (secondary N) is 2. The first-order chi connectivity index (χ1) is 11.1. The predicted molar refractivity (Wildman–Crippen MR) is 108 cm³/mol. The highest BCUT2D eigenvalue weighted by Gasteiger charge is 2.39. The van der Waals surface area contributed by atoms with Gasteiger partial charge in [-0.2, -0.15) is 0 Å². The molecule has 1 aromatic rings. The van der Waals surface area contributed by atoms with Crippen LogP contribution in [0, 0.1) is 0 Å². The monoisotopic (exact) mass is 391 g/mol. The van der Waals surface area contributed by atoms with E-state index >= 15 is 0 Å². The van der Waals surface area contributed by atoms with Crippen LogP contribution in [0.25, 0.3) is 0 Å². The predicted octanol–water partition coefficient (Wildman–Crippen LogP) is 3.08. The first-order valence-corrected chi connectivity index (χ1v) is 8.52. The van der Waals surface area contributed by atoms with Gasteiger partial charge in [-0.3, -0.25) is 9.69 Å². The van der Waals surface area contributed by atoms with Crippen LogP contribution in [0.15, 0.2) is 24.3 Å². The third kappa shape index (κ3) is 6.42. The van der Waals surface area contributed by atoms with E-state index in [0.29, 0.717) is 12.8 Å². The van der Waals surface area contributed by atoms with E-state index in [1.807, 2.05) is 12.1 Å². The lowest BCUT2D eigenvalue weighted by Crippen LogP contribution is -2.51. The number of nitrogens with zero attached hydrogens (tertiary/aromatic N) is 1. The zero-order valence-electron chi connectivity index (χ0n) is 15.3. The normalized spacial score (nSPS) is 15.8. The molecule has 1 aromatic carbocycles. The first kappa shape index (κ1) is 24.1. The molecule has 1 amide bonds. The van der Waals surface area contributed by atoms with Crippen molar-refractivity contribution >= 4 is 36.4 Å². The molecule has 0 saturated carbocycles. The Hall–Kier alpha value is -0.850. The van der Waals surface area contributed by atoms with Gasteiger partial charge in [-0.15, -0.1) is 24.8 Å². The maximum Gasteiger partial charge on any atom is 0.256 e. The lowest BCUT2D eigenvalue weighted by atomic mass is 9.91. The maximum atomic E-state index is 12.7. The first-order valence-electron chi connectivity index (χ1n) is 8.52. The fraction of sp³-hybridized carbons (Fsp3) is 0.611. The van der Waals surface area contributed by atoms with Gasteiger partial charge in [0.2, 0.25) is 0 Å². The minimum absolute atomic E-state index is 0. The van der Waals surface area contributed by atoms with Gasteiger partial charge in [0.1, 0.15) is 5.60 Å². The van der Waals surface area contributed by atoms with E-state index < -0.39 is 5.60 Å². The molecule has 2 N–H and O–H groups in total. The van der Waals surface area contributed by atoms with Gasteiger partial charge >= 0.3 is 0 Å². The van der Waals surface area contributed by atoms with Crippen LogP contribution >= 0.6 is 24.8 Å². The van der Waals surface area contributed by atoms with Gasteiger partial charge in [-0.1, -0.05) is 26.0 Å². The van der Waals surface area contributed by atoms with Crippen LogP contribution < -0.4 is 10.6 Å². The molecule has 25 heavy (non-hydrogen) atoms. The molecule has 144 valence electrons. The molecule has 1 fully saturated rings. The van der Waals surface area contributed by atoms with Gasteiger partial charge in [0.15, 0.2) is 0 Å². The number of hydrogen-bond donors (Lipinski definition) is 2. The number of ether oxygens (including phenoxy) is 1. The van der Waals surface area contributed by atoms with Gasteiger partial charge in [0.25, 0.3) is 5.91 Å². The Bertz CT molecular complexity index is 519. The molecular formula is C18H31Cl2N3O2. The highest BCUT2D eigenvalue weighted by molar-refractivity contribution is 5.97. The van der Waals surface area contributed by atoms with Crippen molar-refractivity contribution in [3.8, 4) is 0 Å². The molecule has 0 aromatic heterocycles. The highest BCUT2D eigenvalue weighted by atomic mass is 35.5. The summed E-state index contributed by atoms with van der Waals surface area (Å²) in [7, 11) is 1.63. The number of carbonyl (C=O) groups excluding carboxylic acids is 1. The Labute approximate surface area is 163 Å². The Morgan fingerprint density at radius 1 is 1.24 bits per heavy atom. The van der Waals surface area contributed by atoms with E-state index in [2.05, 4.69) is 41.5 Å². The standard InChI is InChI=1S/C18H29N3O2.2ClH/c1-4-21(5-2)14-15-7-6-8-16(13-15)20-17(22)18(23-3)9-11-19-12-10-18;;/h6-8,13,19H,4-5,9-12,14H2,1-3H3,(H,20,22);2*1H. The fourth-order valence-electron chi connectivity index (χ4n) is 3.05. The van der Waals surface area contributed by atoms with Crippen molar-refractivity contribution in [2.75, 3.05) is 38.6 Å². The average molecular weight is 392 g/mol. The van der Waals surface area contributed by atoms with Crippen LogP contribution in [0.3, 0.4) is 0 Å². The summed E-state index contributed by atoms with van der Waals surface area (Å²) in [6.45, 7) is 8.88. The summed E-state index contributed by atoms with van der Waals surface area (Å²) in [5.41, 5.74) is 1.35. The van der Waals surface area contributed by atoms with Crippen LogP contribution in [0.1, 0.15) is 32.3 Å². The molecular weight excluding hydrogens is 361 g/mol. The molecule has 1 aliphatic heterocycles. The number of benzene rings is 1. The number of methoxy groups -OCH3 is 1. The van der Waals surface area contributed by atoms with E-state index in [1.54, 1.807) is 7.11 Å². The van der Waals surface area contributed by atoms with Crippen molar-refractivity contribution in [2.45, 2.75) is 38.8 Å². The minimum Gasteiger partial charge on any atom is -0.368 e. The molecule has 0 bridgehead atoms. The second-order valence-corrected chi connectivity index (χ2v) is 6.06. The zero-order valence-corrected chi connectivity index (χ0v) is 17.0. The van der Waals surface area contributed by atoms with Gasteiger partial charge in [0.05, 0.1) is 0 Å². The molecule has 0 atom stereocenters. The second-order valence-electron chi connectivity index (χ2n) is 6.06. The third-order valence-electron chi connectivity index (χ3n) is 4.70. The Balaban J connectivity index is 0.00000288. The molecule has 0 aliphatic carbocycles. The zero-order chi connectivity index (χ0) is 16.7. The SMILES string of the molecule is CCN(CC)Cc1cccc(NC(=O)C2(OC)CCNCC2)c1.Cl.Cl. The molecule has 0 unspecified atom stereocenters. The quantitative estimate of drug-likeness (QED) is 0.749. The largest absolute Gasteiger partial charge is 0.368 e. The van der Waals surface area contributed by atoms with Gasteiger partial charge in [-0.05, 0) is 56.7 Å². The van der Waals surface area contributed by atoms with E-state index in [1.165, 1.54) is 5.56 Å². The van der Waals surface area contributed by atoms with Crippen molar-refractivity contribution in [2.24, 2.45) is 0 Å². The maximum absolute atomic E-state index is 12.7. The van der Waals surface area contributed by atoms with Crippen molar-refractivity contribution < 1.29 is 9.53 Å². The molecule has 1 aliphatic rings.